The maximum atomic E-state index is 13.0. The molecule has 1 aliphatic rings. The van der Waals surface area contributed by atoms with Crippen molar-refractivity contribution in [1.29, 1.82) is 0 Å². The molecule has 1 saturated heterocycles. The van der Waals surface area contributed by atoms with Gasteiger partial charge >= 0.3 is 0 Å². The monoisotopic (exact) mass is 508 g/mol. The number of ether oxygens (including phenoxy) is 3. The second-order valence-corrected chi connectivity index (χ2v) is 8.63. The normalized spacial score (nSPS) is 18.1. The topological polar surface area (TPSA) is 129 Å². The van der Waals surface area contributed by atoms with E-state index in [1.165, 1.54) is 24.3 Å². The van der Waals surface area contributed by atoms with E-state index < -0.39 is 18.4 Å². The van der Waals surface area contributed by atoms with E-state index in [1.54, 1.807) is 19.2 Å². The number of anilines is 1. The first kappa shape index (κ1) is 26.5. The Bertz CT molecular complexity index is 1020. The van der Waals surface area contributed by atoms with Crippen molar-refractivity contribution in [3.63, 3.8) is 0 Å². The molecule has 2 aromatic rings. The van der Waals surface area contributed by atoms with Gasteiger partial charge in [0.15, 0.2) is 6.61 Å². The lowest BCUT2D eigenvalue weighted by molar-refractivity contribution is -0.119. The highest BCUT2D eigenvalue weighted by molar-refractivity contribution is 6.33. The molecule has 2 atom stereocenters. The van der Waals surface area contributed by atoms with Crippen LogP contribution in [0, 0.1) is 5.82 Å². The number of piperidine rings is 1. The van der Waals surface area contributed by atoms with Gasteiger partial charge < -0.3 is 35.9 Å². The third kappa shape index (κ3) is 7.71. The van der Waals surface area contributed by atoms with E-state index in [1.807, 2.05) is 0 Å². The summed E-state index contributed by atoms with van der Waals surface area (Å²) in [6.45, 7) is 2.29. The molecule has 9 nitrogen and oxygen atoms in total. The van der Waals surface area contributed by atoms with Gasteiger partial charge in [-0.15, -0.1) is 0 Å². The van der Waals surface area contributed by atoms with Crippen molar-refractivity contribution in [1.82, 2.24) is 10.2 Å². The van der Waals surface area contributed by atoms with Crippen LogP contribution in [-0.4, -0.2) is 68.8 Å². The predicted octanol–water partition coefficient (Wildman–Crippen LogP) is 2.21. The highest BCUT2D eigenvalue weighted by Crippen LogP contribution is 2.29. The number of amides is 2. The number of hydrogen-bond acceptors (Lipinski definition) is 7. The number of benzene rings is 2. The van der Waals surface area contributed by atoms with E-state index in [0.717, 1.165) is 19.5 Å². The Morgan fingerprint density at radius 3 is 2.66 bits per heavy atom. The Morgan fingerprint density at radius 1 is 1.23 bits per heavy atom. The molecule has 0 aromatic heterocycles. The zero-order valence-electron chi connectivity index (χ0n) is 19.5. The molecule has 5 N–H and O–H groups in total. The van der Waals surface area contributed by atoms with E-state index in [0.29, 0.717) is 25.3 Å². The Balaban J connectivity index is 1.53. The second kappa shape index (κ2) is 12.6. The van der Waals surface area contributed by atoms with Crippen molar-refractivity contribution in [2.75, 3.05) is 45.7 Å². The van der Waals surface area contributed by atoms with Crippen LogP contribution in [0.2, 0.25) is 5.02 Å². The van der Waals surface area contributed by atoms with Crippen LogP contribution in [0.4, 0.5) is 10.1 Å². The van der Waals surface area contributed by atoms with Crippen LogP contribution in [0.3, 0.4) is 0 Å². The second-order valence-electron chi connectivity index (χ2n) is 8.22. The molecule has 190 valence electrons. The fraction of sp³-hybridized carbons (Fsp3) is 0.417. The average molecular weight is 509 g/mol. The third-order valence-electron chi connectivity index (χ3n) is 5.68. The van der Waals surface area contributed by atoms with E-state index in [4.69, 9.17) is 37.3 Å². The summed E-state index contributed by atoms with van der Waals surface area (Å²) in [5.41, 5.74) is 11.3. The first-order valence-corrected chi connectivity index (χ1v) is 11.6. The van der Waals surface area contributed by atoms with Crippen LogP contribution >= 0.6 is 11.6 Å². The lowest BCUT2D eigenvalue weighted by Crippen LogP contribution is -2.55. The minimum absolute atomic E-state index is 0.121. The summed E-state index contributed by atoms with van der Waals surface area (Å²) in [6, 6.07) is 8.49. The molecular weight excluding hydrogens is 479 g/mol. The standard InChI is InChI=1S/C24H30ClFN4O5/c1-33-22-13-30(8-2-10-34-16-5-3-15(26)4-6-16)9-7-20(22)29-24(32)17-11-18(25)19(27)12-21(17)35-14-23(28)31/h3-6,11-12,20,22H,2,7-10,13-14,27H2,1H3,(H2,28,31)(H,29,32)/t20-,22+/m1/s1. The van der Waals surface area contributed by atoms with Crippen molar-refractivity contribution in [2.45, 2.75) is 25.0 Å². The maximum Gasteiger partial charge on any atom is 0.255 e. The quantitative estimate of drug-likeness (QED) is 0.313. The number of halogens is 2. The van der Waals surface area contributed by atoms with Crippen molar-refractivity contribution in [3.8, 4) is 11.5 Å². The van der Waals surface area contributed by atoms with Gasteiger partial charge in [-0.25, -0.2) is 4.39 Å². The van der Waals surface area contributed by atoms with Gasteiger partial charge in [0.25, 0.3) is 11.8 Å². The largest absolute Gasteiger partial charge is 0.494 e. The molecule has 0 unspecified atom stereocenters. The Kier molecular flexibility index (Phi) is 9.53. The van der Waals surface area contributed by atoms with E-state index in [2.05, 4.69) is 10.2 Å². The van der Waals surface area contributed by atoms with Gasteiger partial charge in [-0.1, -0.05) is 11.6 Å². The Hall–Kier alpha value is -3.08. The summed E-state index contributed by atoms with van der Waals surface area (Å²) in [5, 5.41) is 3.18. The molecule has 0 radical (unpaired) electrons. The van der Waals surface area contributed by atoms with Crippen LogP contribution in [-0.2, 0) is 9.53 Å². The van der Waals surface area contributed by atoms with Crippen molar-refractivity contribution >= 4 is 29.1 Å². The zero-order valence-corrected chi connectivity index (χ0v) is 20.2. The molecule has 1 aliphatic heterocycles. The van der Waals surface area contributed by atoms with Crippen molar-refractivity contribution in [2.24, 2.45) is 5.73 Å². The molecule has 0 spiro atoms. The van der Waals surface area contributed by atoms with E-state index >= 15 is 0 Å². The minimum atomic E-state index is -0.681. The summed E-state index contributed by atoms with van der Waals surface area (Å²) < 4.78 is 29.6. The lowest BCUT2D eigenvalue weighted by atomic mass is 10.0. The molecule has 1 heterocycles. The molecule has 2 aromatic carbocycles. The Labute approximate surface area is 208 Å². The SMILES string of the molecule is CO[C@H]1CN(CCCOc2ccc(F)cc2)CC[C@H]1NC(=O)c1cc(Cl)c(N)cc1OCC(N)=O. The molecule has 0 aliphatic carbocycles. The predicted molar refractivity (Wildman–Crippen MR) is 130 cm³/mol. The maximum absolute atomic E-state index is 13.0. The highest BCUT2D eigenvalue weighted by atomic mass is 35.5. The average Bonchev–Trinajstić information content (AvgIpc) is 2.84. The Morgan fingerprint density at radius 2 is 1.97 bits per heavy atom. The van der Waals surface area contributed by atoms with Crippen molar-refractivity contribution in [3.05, 3.63) is 52.8 Å². The van der Waals surface area contributed by atoms with E-state index in [9.17, 15) is 14.0 Å². The first-order valence-electron chi connectivity index (χ1n) is 11.2. The van der Waals surface area contributed by atoms with Crippen LogP contribution in [0.15, 0.2) is 36.4 Å². The van der Waals surface area contributed by atoms with Crippen LogP contribution < -0.4 is 26.3 Å². The van der Waals surface area contributed by atoms with Gasteiger partial charge in [0, 0.05) is 32.8 Å². The number of primary amides is 1. The minimum Gasteiger partial charge on any atom is -0.494 e. The summed E-state index contributed by atoms with van der Waals surface area (Å²) in [5.74, 6) is -0.647. The number of hydrogen-bond donors (Lipinski definition) is 3. The number of nitrogen functional groups attached to an aromatic ring is 1. The van der Waals surface area contributed by atoms with Gasteiger partial charge in [-0.05, 0) is 43.2 Å². The number of carbonyl (C=O) groups is 2. The smallest absolute Gasteiger partial charge is 0.255 e. The number of nitrogens with zero attached hydrogens (tertiary/aromatic N) is 1. The molecule has 1 fully saturated rings. The highest BCUT2D eigenvalue weighted by Gasteiger charge is 2.31. The number of carbonyl (C=O) groups excluding carboxylic acids is 2. The number of methoxy groups -OCH3 is 1. The molecule has 0 saturated carbocycles. The number of rotatable bonds is 11. The van der Waals surface area contributed by atoms with Crippen LogP contribution in [0.25, 0.3) is 0 Å². The molecule has 0 bridgehead atoms. The summed E-state index contributed by atoms with van der Waals surface area (Å²) in [6.07, 6.45) is 1.23. The summed E-state index contributed by atoms with van der Waals surface area (Å²) >= 11 is 6.11. The number of nitrogens with one attached hydrogen (secondary N) is 1. The summed E-state index contributed by atoms with van der Waals surface area (Å²) in [7, 11) is 1.60. The summed E-state index contributed by atoms with van der Waals surface area (Å²) in [4.78, 5) is 26.4. The molecular formula is C24H30ClFN4O5. The van der Waals surface area contributed by atoms with E-state index in [-0.39, 0.29) is 40.0 Å². The number of nitrogens with two attached hydrogens (primary N) is 2. The molecule has 11 heteroatoms. The van der Waals surface area contributed by atoms with Crippen molar-refractivity contribution < 1.29 is 28.2 Å². The van der Waals surface area contributed by atoms with Gasteiger partial charge in [0.1, 0.15) is 17.3 Å². The number of likely N-dealkylation sites (tertiary alicyclic amines) is 1. The first-order chi connectivity index (χ1) is 16.8. The fourth-order valence-corrected chi connectivity index (χ4v) is 4.02. The lowest BCUT2D eigenvalue weighted by Gasteiger charge is -2.38. The fourth-order valence-electron chi connectivity index (χ4n) is 3.86. The third-order valence-corrected chi connectivity index (χ3v) is 6.00. The molecule has 2 amide bonds. The van der Waals surface area contributed by atoms with Gasteiger partial charge in [0.05, 0.1) is 35.0 Å². The van der Waals surface area contributed by atoms with Crippen LogP contribution in [0.5, 0.6) is 11.5 Å². The molecule has 35 heavy (non-hydrogen) atoms. The van der Waals surface area contributed by atoms with Gasteiger partial charge in [0.2, 0.25) is 0 Å². The zero-order chi connectivity index (χ0) is 25.4. The molecule has 3 rings (SSSR count). The van der Waals surface area contributed by atoms with Gasteiger partial charge in [-0.2, -0.15) is 0 Å². The van der Waals surface area contributed by atoms with Crippen LogP contribution in [0.1, 0.15) is 23.2 Å². The van der Waals surface area contributed by atoms with Gasteiger partial charge in [-0.3, -0.25) is 9.59 Å².